The zero-order valence-electron chi connectivity index (χ0n) is 16.6. The molecule has 1 heterocycles. The smallest absolute Gasteiger partial charge is 0.213 e. The minimum absolute atomic E-state index is 0.0563. The number of aromatic nitrogens is 1. The fourth-order valence-corrected chi connectivity index (χ4v) is 3.14. The van der Waals surface area contributed by atoms with Gasteiger partial charge in [-0.05, 0) is 23.5 Å². The topological polar surface area (TPSA) is 80.4 Å². The van der Waals surface area contributed by atoms with Crippen LogP contribution in [-0.2, 0) is 11.2 Å². The number of para-hydroxylation sites is 1. The molecule has 0 aliphatic carbocycles. The number of rotatable bonds is 6. The summed E-state index contributed by atoms with van der Waals surface area (Å²) in [6.45, 7) is 6.73. The maximum absolute atomic E-state index is 10.7. The van der Waals surface area contributed by atoms with Gasteiger partial charge in [-0.15, -0.1) is 0 Å². The van der Waals surface area contributed by atoms with Crippen LogP contribution >= 0.6 is 0 Å². The first-order valence-electron chi connectivity index (χ1n) is 9.46. The first-order chi connectivity index (χ1) is 13.4. The number of carbonyl (C=O) groups is 1. The number of hydrogen-bond donors (Lipinski definition) is 2. The van der Waals surface area contributed by atoms with E-state index in [0.29, 0.717) is 12.1 Å². The summed E-state index contributed by atoms with van der Waals surface area (Å²) in [5.74, 6) is 0.0563. The highest BCUT2D eigenvalue weighted by atomic mass is 16.1. The van der Waals surface area contributed by atoms with Crippen molar-refractivity contribution in [2.24, 2.45) is 16.1 Å². The normalized spacial score (nSPS) is 12.2. The Kier molecular flexibility index (Phi) is 5.73. The molecule has 0 atom stereocenters. The van der Waals surface area contributed by atoms with E-state index in [9.17, 15) is 4.79 Å². The summed E-state index contributed by atoms with van der Waals surface area (Å²) < 4.78 is 0. The third kappa shape index (κ3) is 4.36. The van der Waals surface area contributed by atoms with Crippen LogP contribution < -0.4 is 11.1 Å². The van der Waals surface area contributed by atoms with E-state index in [1.165, 1.54) is 5.56 Å². The number of nitrogens with zero attached hydrogens (tertiary/aromatic N) is 2. The number of benzene rings is 2. The second-order valence-electron chi connectivity index (χ2n) is 7.66. The average molecular weight is 374 g/mol. The summed E-state index contributed by atoms with van der Waals surface area (Å²) in [7, 11) is 0. The minimum atomic E-state index is 0.0563. The molecule has 28 heavy (non-hydrogen) atoms. The third-order valence-electron chi connectivity index (χ3n) is 5.04. The van der Waals surface area contributed by atoms with E-state index in [4.69, 9.17) is 10.7 Å². The van der Waals surface area contributed by atoms with Crippen molar-refractivity contribution in [3.05, 3.63) is 60.2 Å². The van der Waals surface area contributed by atoms with Crippen LogP contribution in [0, 0.1) is 5.41 Å². The third-order valence-corrected chi connectivity index (χ3v) is 5.04. The van der Waals surface area contributed by atoms with Gasteiger partial charge >= 0.3 is 0 Å². The first kappa shape index (κ1) is 19.5. The Morgan fingerprint density at radius 3 is 2.61 bits per heavy atom. The number of hydrogen-bond acceptors (Lipinski definition) is 3. The Morgan fingerprint density at radius 1 is 1.18 bits per heavy atom. The molecule has 0 spiro atoms. The summed E-state index contributed by atoms with van der Waals surface area (Å²) >= 11 is 0. The number of carbonyl (C=O) groups excluding carboxylic acids is 1. The van der Waals surface area contributed by atoms with Crippen LogP contribution in [0.4, 0.5) is 5.69 Å². The maximum atomic E-state index is 10.7. The molecule has 0 fully saturated rings. The molecule has 5 heteroatoms. The SMILES string of the molecule is CCC(C)(C)Cc1cccc2c(N=C(N)NC=O)cc(-c3ccccc3)nc12. The van der Waals surface area contributed by atoms with Gasteiger partial charge in [-0.1, -0.05) is 75.7 Å². The first-order valence-corrected chi connectivity index (χ1v) is 9.46. The van der Waals surface area contributed by atoms with E-state index in [-0.39, 0.29) is 11.4 Å². The molecule has 0 unspecified atom stereocenters. The van der Waals surface area contributed by atoms with Crippen LogP contribution in [0.25, 0.3) is 22.2 Å². The molecular formula is C23H26N4O. The standard InChI is InChI=1S/C23H26N4O/c1-4-23(2,3)14-17-11-8-12-18-20(27-22(24)25-15-28)13-19(26-21(17)18)16-9-6-5-7-10-16/h5-13,15H,4,14H2,1-3H3,(H3,24,25,26,27,28). The molecule has 1 aromatic heterocycles. The molecule has 0 radical (unpaired) electrons. The molecule has 3 N–H and O–H groups in total. The Bertz CT molecular complexity index is 1010. The van der Waals surface area contributed by atoms with Gasteiger partial charge < -0.3 is 5.73 Å². The van der Waals surface area contributed by atoms with Crippen LogP contribution in [0.2, 0.25) is 0 Å². The summed E-state index contributed by atoms with van der Waals surface area (Å²) in [6.07, 6.45) is 2.51. The molecule has 5 nitrogen and oxygen atoms in total. The fraction of sp³-hybridized carbons (Fsp3) is 0.261. The van der Waals surface area contributed by atoms with Crippen molar-refractivity contribution >= 4 is 29.0 Å². The summed E-state index contributed by atoms with van der Waals surface area (Å²) in [5, 5.41) is 3.32. The number of amides is 1. The van der Waals surface area contributed by atoms with Crippen molar-refractivity contribution in [2.75, 3.05) is 0 Å². The predicted molar refractivity (Wildman–Crippen MR) is 115 cm³/mol. The highest BCUT2D eigenvalue weighted by Crippen LogP contribution is 2.35. The Hall–Kier alpha value is -3.21. The molecule has 2 aromatic carbocycles. The number of aliphatic imine (C=N–C) groups is 1. The molecule has 0 saturated carbocycles. The van der Waals surface area contributed by atoms with Crippen molar-refractivity contribution < 1.29 is 4.79 Å². The maximum Gasteiger partial charge on any atom is 0.213 e. The number of fused-ring (bicyclic) bond motifs is 1. The van der Waals surface area contributed by atoms with Crippen LogP contribution in [0.1, 0.15) is 32.8 Å². The largest absolute Gasteiger partial charge is 0.369 e. The number of pyridine rings is 1. The molecule has 0 aliphatic rings. The van der Waals surface area contributed by atoms with Crippen LogP contribution in [-0.4, -0.2) is 17.4 Å². The second-order valence-corrected chi connectivity index (χ2v) is 7.66. The summed E-state index contributed by atoms with van der Waals surface area (Å²) in [4.78, 5) is 20.1. The van der Waals surface area contributed by atoms with Crippen LogP contribution in [0.15, 0.2) is 59.6 Å². The average Bonchev–Trinajstić information content (AvgIpc) is 2.69. The Labute approximate surface area is 165 Å². The van der Waals surface area contributed by atoms with Gasteiger partial charge in [0, 0.05) is 10.9 Å². The monoisotopic (exact) mass is 374 g/mol. The molecule has 0 aliphatic heterocycles. The molecule has 3 rings (SSSR count). The zero-order chi connectivity index (χ0) is 20.1. The minimum Gasteiger partial charge on any atom is -0.369 e. The summed E-state index contributed by atoms with van der Waals surface area (Å²) in [5.41, 5.74) is 10.6. The second kappa shape index (κ2) is 8.21. The van der Waals surface area contributed by atoms with Crippen molar-refractivity contribution in [3.63, 3.8) is 0 Å². The lowest BCUT2D eigenvalue weighted by Gasteiger charge is -2.23. The molecule has 0 bridgehead atoms. The van der Waals surface area contributed by atoms with Gasteiger partial charge in [-0.25, -0.2) is 9.98 Å². The van der Waals surface area contributed by atoms with Gasteiger partial charge in [-0.2, -0.15) is 0 Å². The molecule has 144 valence electrons. The number of nitrogens with two attached hydrogens (primary N) is 1. The molecular weight excluding hydrogens is 348 g/mol. The Morgan fingerprint density at radius 2 is 1.93 bits per heavy atom. The lowest BCUT2D eigenvalue weighted by Crippen LogP contribution is -2.29. The van der Waals surface area contributed by atoms with Crippen LogP contribution in [0.3, 0.4) is 0 Å². The zero-order valence-corrected chi connectivity index (χ0v) is 16.6. The fourth-order valence-electron chi connectivity index (χ4n) is 3.14. The van der Waals surface area contributed by atoms with Crippen molar-refractivity contribution in [2.45, 2.75) is 33.6 Å². The van der Waals surface area contributed by atoms with Gasteiger partial charge in [0.1, 0.15) is 0 Å². The lowest BCUT2D eigenvalue weighted by atomic mass is 9.82. The number of guanidine groups is 1. The Balaban J connectivity index is 2.25. The van der Waals surface area contributed by atoms with E-state index in [2.05, 4.69) is 37.1 Å². The molecule has 1 amide bonds. The van der Waals surface area contributed by atoms with E-state index >= 15 is 0 Å². The van der Waals surface area contributed by atoms with Crippen molar-refractivity contribution in [1.82, 2.24) is 10.3 Å². The van der Waals surface area contributed by atoms with Crippen molar-refractivity contribution in [1.29, 1.82) is 0 Å². The van der Waals surface area contributed by atoms with Gasteiger partial charge in [0.25, 0.3) is 0 Å². The van der Waals surface area contributed by atoms with Crippen molar-refractivity contribution in [3.8, 4) is 11.3 Å². The van der Waals surface area contributed by atoms with E-state index in [1.807, 2.05) is 48.5 Å². The quantitative estimate of drug-likeness (QED) is 0.377. The summed E-state index contributed by atoms with van der Waals surface area (Å²) in [6, 6.07) is 18.0. The van der Waals surface area contributed by atoms with Gasteiger partial charge in [0.2, 0.25) is 6.41 Å². The predicted octanol–water partition coefficient (Wildman–Crippen LogP) is 4.57. The van der Waals surface area contributed by atoms with E-state index in [1.54, 1.807) is 0 Å². The highest BCUT2D eigenvalue weighted by Gasteiger charge is 2.19. The van der Waals surface area contributed by atoms with E-state index < -0.39 is 0 Å². The van der Waals surface area contributed by atoms with Gasteiger partial charge in [-0.3, -0.25) is 10.1 Å². The van der Waals surface area contributed by atoms with Gasteiger partial charge in [0.15, 0.2) is 5.96 Å². The number of nitrogens with one attached hydrogen (secondary N) is 1. The lowest BCUT2D eigenvalue weighted by molar-refractivity contribution is -0.108. The molecule has 3 aromatic rings. The van der Waals surface area contributed by atoms with Crippen LogP contribution in [0.5, 0.6) is 0 Å². The van der Waals surface area contributed by atoms with Gasteiger partial charge in [0.05, 0.1) is 16.9 Å². The molecule has 0 saturated heterocycles. The highest BCUT2D eigenvalue weighted by molar-refractivity contribution is 5.98. The van der Waals surface area contributed by atoms with E-state index in [0.717, 1.165) is 35.0 Å².